The SMILES string of the molecule is Nc1sc(-c2ccc3c(c2)CCCO3)cc1C(=O)O. The number of thiophene rings is 1. The third kappa shape index (κ3) is 2.17. The summed E-state index contributed by atoms with van der Waals surface area (Å²) in [5.74, 6) is -0.0562. The van der Waals surface area contributed by atoms with E-state index in [1.807, 2.05) is 12.1 Å². The molecule has 1 aliphatic heterocycles. The number of carbonyl (C=O) groups is 1. The fraction of sp³-hybridized carbons (Fsp3) is 0.214. The summed E-state index contributed by atoms with van der Waals surface area (Å²) in [4.78, 5) is 11.9. The van der Waals surface area contributed by atoms with Crippen LogP contribution < -0.4 is 10.5 Å². The van der Waals surface area contributed by atoms with E-state index in [1.165, 1.54) is 16.9 Å². The van der Waals surface area contributed by atoms with Crippen LogP contribution in [0, 0.1) is 0 Å². The second-order valence-electron chi connectivity index (χ2n) is 4.47. The molecule has 3 N–H and O–H groups in total. The molecule has 0 bridgehead atoms. The minimum absolute atomic E-state index is 0.175. The van der Waals surface area contributed by atoms with Crippen molar-refractivity contribution in [1.82, 2.24) is 0 Å². The summed E-state index contributed by atoms with van der Waals surface area (Å²) in [5, 5.41) is 9.37. The molecule has 2 aromatic rings. The summed E-state index contributed by atoms with van der Waals surface area (Å²) in [7, 11) is 0. The average Bonchev–Trinajstić information content (AvgIpc) is 2.80. The molecule has 1 aromatic carbocycles. The minimum atomic E-state index is -0.985. The van der Waals surface area contributed by atoms with E-state index in [9.17, 15) is 4.79 Å². The first kappa shape index (κ1) is 12.0. The molecule has 19 heavy (non-hydrogen) atoms. The van der Waals surface area contributed by atoms with Gasteiger partial charge in [-0.15, -0.1) is 11.3 Å². The zero-order chi connectivity index (χ0) is 13.4. The number of anilines is 1. The van der Waals surface area contributed by atoms with Gasteiger partial charge in [0.05, 0.1) is 12.2 Å². The Morgan fingerprint density at radius 1 is 1.37 bits per heavy atom. The standard InChI is InChI=1S/C14H13NO3S/c15-13-10(14(16)17)7-12(19-13)9-3-4-11-8(6-9)2-1-5-18-11/h3-4,6-7H,1-2,5,15H2,(H,16,17). The molecule has 0 saturated carbocycles. The van der Waals surface area contributed by atoms with Gasteiger partial charge in [0.1, 0.15) is 10.8 Å². The van der Waals surface area contributed by atoms with E-state index in [0.717, 1.165) is 35.6 Å². The zero-order valence-electron chi connectivity index (χ0n) is 10.2. The molecule has 0 radical (unpaired) electrons. The molecule has 98 valence electrons. The van der Waals surface area contributed by atoms with Gasteiger partial charge in [-0.3, -0.25) is 0 Å². The molecule has 0 fully saturated rings. The Morgan fingerprint density at radius 3 is 2.95 bits per heavy atom. The van der Waals surface area contributed by atoms with Crippen LogP contribution in [0.2, 0.25) is 0 Å². The van der Waals surface area contributed by atoms with Crippen LogP contribution in [-0.2, 0) is 6.42 Å². The normalized spacial score (nSPS) is 13.7. The van der Waals surface area contributed by atoms with Crippen molar-refractivity contribution in [2.75, 3.05) is 12.3 Å². The van der Waals surface area contributed by atoms with Crippen LogP contribution >= 0.6 is 11.3 Å². The monoisotopic (exact) mass is 275 g/mol. The van der Waals surface area contributed by atoms with Gasteiger partial charge in [-0.05, 0) is 48.2 Å². The molecule has 3 rings (SSSR count). The number of aromatic carboxylic acids is 1. The van der Waals surface area contributed by atoms with Gasteiger partial charge in [-0.1, -0.05) is 0 Å². The number of hydrogen-bond donors (Lipinski definition) is 2. The summed E-state index contributed by atoms with van der Waals surface area (Å²) >= 11 is 1.30. The molecule has 1 aromatic heterocycles. The lowest BCUT2D eigenvalue weighted by Gasteiger charge is -2.17. The molecule has 1 aliphatic rings. The van der Waals surface area contributed by atoms with Crippen LogP contribution in [-0.4, -0.2) is 17.7 Å². The number of nitrogens with two attached hydrogens (primary N) is 1. The minimum Gasteiger partial charge on any atom is -0.493 e. The van der Waals surface area contributed by atoms with Crippen molar-refractivity contribution in [1.29, 1.82) is 0 Å². The molecule has 0 unspecified atom stereocenters. The molecule has 5 heteroatoms. The second-order valence-corrected chi connectivity index (χ2v) is 5.55. The van der Waals surface area contributed by atoms with E-state index >= 15 is 0 Å². The average molecular weight is 275 g/mol. The van der Waals surface area contributed by atoms with Gasteiger partial charge in [-0.25, -0.2) is 4.79 Å². The van der Waals surface area contributed by atoms with E-state index < -0.39 is 5.97 Å². The number of carboxylic acids is 1. The lowest BCUT2D eigenvalue weighted by molar-refractivity contribution is 0.0698. The first-order valence-corrected chi connectivity index (χ1v) is 6.85. The third-order valence-electron chi connectivity index (χ3n) is 3.18. The molecular formula is C14H13NO3S. The Bertz CT molecular complexity index is 648. The number of ether oxygens (including phenoxy) is 1. The summed E-state index contributed by atoms with van der Waals surface area (Å²) < 4.78 is 5.57. The Kier molecular flexibility index (Phi) is 2.91. The Hall–Kier alpha value is -2.01. The summed E-state index contributed by atoms with van der Waals surface area (Å²) in [6.07, 6.45) is 2.01. The highest BCUT2D eigenvalue weighted by Crippen LogP contribution is 2.36. The maximum Gasteiger partial charge on any atom is 0.338 e. The fourth-order valence-electron chi connectivity index (χ4n) is 2.23. The van der Waals surface area contributed by atoms with Crippen LogP contribution in [0.1, 0.15) is 22.3 Å². The molecule has 0 atom stereocenters. The molecule has 0 saturated heterocycles. The van der Waals surface area contributed by atoms with Crippen molar-refractivity contribution < 1.29 is 14.6 Å². The van der Waals surface area contributed by atoms with E-state index in [0.29, 0.717) is 5.00 Å². The molecule has 0 aliphatic carbocycles. The zero-order valence-corrected chi connectivity index (χ0v) is 11.0. The van der Waals surface area contributed by atoms with Crippen LogP contribution in [0.3, 0.4) is 0 Å². The maximum atomic E-state index is 11.0. The van der Waals surface area contributed by atoms with Gasteiger partial charge in [0, 0.05) is 4.88 Å². The molecule has 2 heterocycles. The quantitative estimate of drug-likeness (QED) is 0.883. The smallest absolute Gasteiger partial charge is 0.338 e. The van der Waals surface area contributed by atoms with Crippen molar-refractivity contribution in [2.24, 2.45) is 0 Å². The summed E-state index contributed by atoms with van der Waals surface area (Å²) in [6.45, 7) is 0.765. The number of carboxylic acid groups (broad SMARTS) is 1. The third-order valence-corrected chi connectivity index (χ3v) is 4.20. The van der Waals surface area contributed by atoms with E-state index in [1.54, 1.807) is 6.07 Å². The topological polar surface area (TPSA) is 72.5 Å². The number of hydrogen-bond acceptors (Lipinski definition) is 4. The second kappa shape index (κ2) is 4.59. The maximum absolute atomic E-state index is 11.0. The molecule has 0 amide bonds. The van der Waals surface area contributed by atoms with Gasteiger partial charge in [0.25, 0.3) is 0 Å². The van der Waals surface area contributed by atoms with Crippen molar-refractivity contribution in [2.45, 2.75) is 12.8 Å². The van der Waals surface area contributed by atoms with Gasteiger partial charge < -0.3 is 15.6 Å². The van der Waals surface area contributed by atoms with Crippen molar-refractivity contribution in [3.63, 3.8) is 0 Å². The van der Waals surface area contributed by atoms with E-state index in [2.05, 4.69) is 6.07 Å². The van der Waals surface area contributed by atoms with Crippen LogP contribution in [0.25, 0.3) is 10.4 Å². The summed E-state index contributed by atoms with van der Waals surface area (Å²) in [6, 6.07) is 7.58. The van der Waals surface area contributed by atoms with Crippen LogP contribution in [0.4, 0.5) is 5.00 Å². The lowest BCUT2D eigenvalue weighted by atomic mass is 10.0. The van der Waals surface area contributed by atoms with Crippen LogP contribution in [0.5, 0.6) is 5.75 Å². The first-order valence-electron chi connectivity index (χ1n) is 6.04. The lowest BCUT2D eigenvalue weighted by Crippen LogP contribution is -2.07. The first-order chi connectivity index (χ1) is 9.15. The Labute approximate surface area is 114 Å². The van der Waals surface area contributed by atoms with Gasteiger partial charge in [0.2, 0.25) is 0 Å². The van der Waals surface area contributed by atoms with E-state index in [-0.39, 0.29) is 5.56 Å². The number of nitrogen functional groups attached to an aromatic ring is 1. The van der Waals surface area contributed by atoms with E-state index in [4.69, 9.17) is 15.6 Å². The number of aryl methyl sites for hydroxylation is 1. The largest absolute Gasteiger partial charge is 0.493 e. The van der Waals surface area contributed by atoms with Crippen molar-refractivity contribution in [3.8, 4) is 16.2 Å². The van der Waals surface area contributed by atoms with Crippen molar-refractivity contribution in [3.05, 3.63) is 35.4 Å². The number of rotatable bonds is 2. The number of fused-ring (bicyclic) bond motifs is 1. The Balaban J connectivity index is 2.02. The highest BCUT2D eigenvalue weighted by atomic mass is 32.1. The van der Waals surface area contributed by atoms with Crippen molar-refractivity contribution >= 4 is 22.3 Å². The van der Waals surface area contributed by atoms with Gasteiger partial charge >= 0.3 is 5.97 Å². The number of benzene rings is 1. The Morgan fingerprint density at radius 2 is 2.21 bits per heavy atom. The highest BCUT2D eigenvalue weighted by Gasteiger charge is 2.16. The molecule has 0 spiro atoms. The highest BCUT2D eigenvalue weighted by molar-refractivity contribution is 7.19. The predicted octanol–water partition coefficient (Wildman–Crippen LogP) is 3.02. The van der Waals surface area contributed by atoms with Gasteiger partial charge in [0.15, 0.2) is 0 Å². The van der Waals surface area contributed by atoms with Gasteiger partial charge in [-0.2, -0.15) is 0 Å². The summed E-state index contributed by atoms with van der Waals surface area (Å²) in [5.41, 5.74) is 8.07. The van der Waals surface area contributed by atoms with Crippen LogP contribution in [0.15, 0.2) is 24.3 Å². The molecular weight excluding hydrogens is 262 g/mol. The molecule has 4 nitrogen and oxygen atoms in total. The predicted molar refractivity (Wildman–Crippen MR) is 74.9 cm³/mol. The fourth-order valence-corrected chi connectivity index (χ4v) is 3.14.